The summed E-state index contributed by atoms with van der Waals surface area (Å²) in [5.41, 5.74) is 1.36. The molecule has 0 aliphatic rings. The highest BCUT2D eigenvalue weighted by Gasteiger charge is 2.06. The molecular weight excluding hydrogens is 341 g/mol. The zero-order valence-electron chi connectivity index (χ0n) is 10.8. The van der Waals surface area contributed by atoms with Gasteiger partial charge in [-0.1, -0.05) is 15.9 Å². The molecular formula is C15H13BrFNOS. The van der Waals surface area contributed by atoms with Gasteiger partial charge in [0.1, 0.15) is 5.82 Å². The molecule has 2 aromatic rings. The Morgan fingerprint density at radius 1 is 1.25 bits per heavy atom. The Morgan fingerprint density at radius 3 is 2.60 bits per heavy atom. The molecule has 0 aliphatic heterocycles. The number of nitrogens with one attached hydrogen (secondary N) is 1. The molecule has 0 saturated carbocycles. The van der Waals surface area contributed by atoms with Gasteiger partial charge >= 0.3 is 0 Å². The summed E-state index contributed by atoms with van der Waals surface area (Å²) in [5.74, 6) is -0.0873. The van der Waals surface area contributed by atoms with E-state index in [0.29, 0.717) is 17.0 Å². The first-order valence-electron chi connectivity index (χ1n) is 5.99. The van der Waals surface area contributed by atoms with Crippen LogP contribution in [0.5, 0.6) is 0 Å². The molecule has 0 aromatic heterocycles. The van der Waals surface area contributed by atoms with Crippen molar-refractivity contribution in [3.05, 3.63) is 58.3 Å². The van der Waals surface area contributed by atoms with Gasteiger partial charge in [0.2, 0.25) is 5.91 Å². The topological polar surface area (TPSA) is 29.1 Å². The van der Waals surface area contributed by atoms with Crippen molar-refractivity contribution in [2.24, 2.45) is 0 Å². The van der Waals surface area contributed by atoms with Crippen LogP contribution in [-0.4, -0.2) is 11.7 Å². The van der Waals surface area contributed by atoms with E-state index in [9.17, 15) is 9.18 Å². The molecule has 0 atom stereocenters. The van der Waals surface area contributed by atoms with Gasteiger partial charge in [-0.15, -0.1) is 11.8 Å². The molecule has 2 nitrogen and oxygen atoms in total. The Hall–Kier alpha value is -1.33. The number of carbonyl (C=O) groups is 1. The number of hydrogen-bond acceptors (Lipinski definition) is 2. The third-order valence-electron chi connectivity index (χ3n) is 2.65. The molecule has 0 heterocycles. The number of carbonyl (C=O) groups excluding carboxylic acids is 1. The van der Waals surface area contributed by atoms with Crippen LogP contribution in [0.4, 0.5) is 10.1 Å². The van der Waals surface area contributed by atoms with Crippen molar-refractivity contribution in [1.29, 1.82) is 0 Å². The lowest BCUT2D eigenvalue weighted by molar-refractivity contribution is -0.113. The van der Waals surface area contributed by atoms with E-state index in [1.54, 1.807) is 13.0 Å². The smallest absolute Gasteiger partial charge is 0.234 e. The van der Waals surface area contributed by atoms with Crippen LogP contribution in [0.3, 0.4) is 0 Å². The lowest BCUT2D eigenvalue weighted by Crippen LogP contribution is -2.14. The first-order chi connectivity index (χ1) is 9.54. The Morgan fingerprint density at radius 2 is 1.95 bits per heavy atom. The number of rotatable bonds is 4. The summed E-state index contributed by atoms with van der Waals surface area (Å²) >= 11 is 4.82. The lowest BCUT2D eigenvalue weighted by atomic mass is 10.2. The second-order valence-electron chi connectivity index (χ2n) is 4.25. The highest BCUT2D eigenvalue weighted by atomic mass is 79.9. The number of amides is 1. The van der Waals surface area contributed by atoms with Crippen molar-refractivity contribution >= 4 is 39.3 Å². The van der Waals surface area contributed by atoms with Crippen LogP contribution >= 0.6 is 27.7 Å². The highest BCUT2D eigenvalue weighted by Crippen LogP contribution is 2.21. The SMILES string of the molecule is Cc1cc(F)ccc1NC(=O)CSc1ccc(Br)cc1. The summed E-state index contributed by atoms with van der Waals surface area (Å²) in [4.78, 5) is 12.9. The molecule has 1 amide bonds. The Kier molecular flexibility index (Phi) is 5.20. The molecule has 104 valence electrons. The van der Waals surface area contributed by atoms with Crippen LogP contribution in [-0.2, 0) is 4.79 Å². The number of aryl methyl sites for hydroxylation is 1. The Bertz CT molecular complexity index is 616. The van der Waals surface area contributed by atoms with E-state index in [1.165, 1.54) is 23.9 Å². The predicted octanol–water partition coefficient (Wildman–Crippen LogP) is 4.63. The van der Waals surface area contributed by atoms with E-state index in [0.717, 1.165) is 9.37 Å². The largest absolute Gasteiger partial charge is 0.325 e. The lowest BCUT2D eigenvalue weighted by Gasteiger charge is -2.08. The molecule has 0 spiro atoms. The molecule has 0 aliphatic carbocycles. The fraction of sp³-hybridized carbons (Fsp3) is 0.133. The zero-order chi connectivity index (χ0) is 14.5. The third-order valence-corrected chi connectivity index (χ3v) is 4.19. The van der Waals surface area contributed by atoms with Gasteiger partial charge in [0, 0.05) is 15.1 Å². The van der Waals surface area contributed by atoms with Gasteiger partial charge in [-0.2, -0.15) is 0 Å². The van der Waals surface area contributed by atoms with Crippen molar-refractivity contribution < 1.29 is 9.18 Å². The minimum Gasteiger partial charge on any atom is -0.325 e. The Balaban J connectivity index is 1.90. The minimum absolute atomic E-state index is 0.104. The zero-order valence-corrected chi connectivity index (χ0v) is 13.2. The standard InChI is InChI=1S/C15H13BrFNOS/c1-10-8-12(17)4-7-14(10)18-15(19)9-20-13-5-2-11(16)3-6-13/h2-8H,9H2,1H3,(H,18,19). The summed E-state index contributed by atoms with van der Waals surface area (Å²) in [6, 6.07) is 12.1. The maximum Gasteiger partial charge on any atom is 0.234 e. The molecule has 1 N–H and O–H groups in total. The van der Waals surface area contributed by atoms with Crippen molar-refractivity contribution in [3.8, 4) is 0 Å². The van der Waals surface area contributed by atoms with Gasteiger partial charge in [0.15, 0.2) is 0 Å². The molecule has 2 aromatic carbocycles. The molecule has 0 radical (unpaired) electrons. The summed E-state index contributed by atoms with van der Waals surface area (Å²) in [7, 11) is 0. The summed E-state index contributed by atoms with van der Waals surface area (Å²) < 4.78 is 14.0. The fourth-order valence-corrected chi connectivity index (χ4v) is 2.60. The van der Waals surface area contributed by atoms with E-state index in [2.05, 4.69) is 21.2 Å². The van der Waals surface area contributed by atoms with E-state index in [-0.39, 0.29) is 11.7 Å². The third kappa shape index (κ3) is 4.35. The Labute approximate surface area is 129 Å². The first kappa shape index (κ1) is 15.1. The maximum atomic E-state index is 13.0. The average Bonchev–Trinajstić information content (AvgIpc) is 2.41. The maximum absolute atomic E-state index is 13.0. The monoisotopic (exact) mass is 353 g/mol. The van der Waals surface area contributed by atoms with Gasteiger partial charge in [-0.3, -0.25) is 4.79 Å². The number of anilines is 1. The van der Waals surface area contributed by atoms with Gasteiger partial charge in [0.05, 0.1) is 5.75 Å². The van der Waals surface area contributed by atoms with Gasteiger partial charge in [-0.25, -0.2) is 4.39 Å². The second-order valence-corrected chi connectivity index (χ2v) is 6.21. The molecule has 0 fully saturated rings. The van der Waals surface area contributed by atoms with Crippen LogP contribution in [0, 0.1) is 12.7 Å². The molecule has 0 saturated heterocycles. The van der Waals surface area contributed by atoms with Crippen molar-refractivity contribution in [3.63, 3.8) is 0 Å². The van der Waals surface area contributed by atoms with Crippen LogP contribution in [0.25, 0.3) is 0 Å². The van der Waals surface area contributed by atoms with Gasteiger partial charge in [-0.05, 0) is 55.0 Å². The van der Waals surface area contributed by atoms with E-state index in [1.807, 2.05) is 24.3 Å². The normalized spacial score (nSPS) is 10.3. The summed E-state index contributed by atoms with van der Waals surface area (Å²) in [6.07, 6.45) is 0. The molecule has 5 heteroatoms. The quantitative estimate of drug-likeness (QED) is 0.812. The number of benzene rings is 2. The molecule has 20 heavy (non-hydrogen) atoms. The van der Waals surface area contributed by atoms with E-state index < -0.39 is 0 Å². The van der Waals surface area contributed by atoms with Crippen LogP contribution in [0.1, 0.15) is 5.56 Å². The summed E-state index contributed by atoms with van der Waals surface area (Å²) in [6.45, 7) is 1.76. The molecule has 0 unspecified atom stereocenters. The van der Waals surface area contributed by atoms with Crippen molar-refractivity contribution in [2.75, 3.05) is 11.1 Å². The second kappa shape index (κ2) is 6.90. The van der Waals surface area contributed by atoms with Crippen LogP contribution in [0.15, 0.2) is 51.8 Å². The fourth-order valence-electron chi connectivity index (χ4n) is 1.63. The van der Waals surface area contributed by atoms with Crippen molar-refractivity contribution in [1.82, 2.24) is 0 Å². The summed E-state index contributed by atoms with van der Waals surface area (Å²) in [5, 5.41) is 2.78. The van der Waals surface area contributed by atoms with Gasteiger partial charge < -0.3 is 5.32 Å². The van der Waals surface area contributed by atoms with E-state index in [4.69, 9.17) is 0 Å². The first-order valence-corrected chi connectivity index (χ1v) is 7.77. The number of thioether (sulfide) groups is 1. The predicted molar refractivity (Wildman–Crippen MR) is 84.6 cm³/mol. The van der Waals surface area contributed by atoms with E-state index >= 15 is 0 Å². The van der Waals surface area contributed by atoms with Crippen LogP contribution < -0.4 is 5.32 Å². The van der Waals surface area contributed by atoms with Crippen molar-refractivity contribution in [2.45, 2.75) is 11.8 Å². The molecule has 2 rings (SSSR count). The highest BCUT2D eigenvalue weighted by molar-refractivity contribution is 9.10. The minimum atomic E-state index is -0.301. The molecule has 0 bridgehead atoms. The average molecular weight is 354 g/mol. The van der Waals surface area contributed by atoms with Gasteiger partial charge in [0.25, 0.3) is 0 Å². The number of hydrogen-bond donors (Lipinski definition) is 1. The van der Waals surface area contributed by atoms with Crippen LogP contribution in [0.2, 0.25) is 0 Å². The number of halogens is 2.